The molecule has 0 aliphatic carbocycles. The van der Waals surface area contributed by atoms with E-state index in [2.05, 4.69) is 0 Å². The SMILES string of the molecule is O=C(O)/C=C/c1ccccc1.O=C(O)CC(=O)O.O=Cc1ccccc1. The number of hydrogen-bond donors (Lipinski definition) is 3. The van der Waals surface area contributed by atoms with E-state index >= 15 is 0 Å². The number of carboxylic acids is 3. The lowest BCUT2D eigenvalue weighted by Gasteiger charge is -1.87. The molecule has 0 fully saturated rings. The fourth-order valence-corrected chi connectivity index (χ4v) is 1.39. The maximum absolute atomic E-state index is 10.1. The zero-order valence-corrected chi connectivity index (χ0v) is 13.7. The van der Waals surface area contributed by atoms with Gasteiger partial charge in [-0.2, -0.15) is 0 Å². The predicted molar refractivity (Wildman–Crippen MR) is 94.8 cm³/mol. The van der Waals surface area contributed by atoms with Crippen LogP contribution in [-0.2, 0) is 14.4 Å². The van der Waals surface area contributed by atoms with Gasteiger partial charge in [0.2, 0.25) is 0 Å². The summed E-state index contributed by atoms with van der Waals surface area (Å²) in [5, 5.41) is 23.7. The van der Waals surface area contributed by atoms with Crippen LogP contribution in [0.4, 0.5) is 0 Å². The number of aliphatic carboxylic acids is 3. The molecule has 0 unspecified atom stereocenters. The van der Waals surface area contributed by atoms with Crippen LogP contribution in [-0.4, -0.2) is 39.5 Å². The Balaban J connectivity index is 0.000000373. The standard InChI is InChI=1S/C9H8O2.C7H6O.C3H4O4/c10-9(11)7-6-8-4-2-1-3-5-8;8-6-7-4-2-1-3-5-7;4-2(5)1-3(6)7/h1-7H,(H,10,11);1-6H;1H2,(H,4,5)(H,6,7)/b7-6+;;. The van der Waals surface area contributed by atoms with E-state index in [4.69, 9.17) is 15.3 Å². The third-order valence-corrected chi connectivity index (χ3v) is 2.46. The predicted octanol–water partition coefficient (Wildman–Crippen LogP) is 2.83. The molecule has 7 nitrogen and oxygen atoms in total. The zero-order valence-electron chi connectivity index (χ0n) is 13.7. The Morgan fingerprint density at radius 2 is 1.15 bits per heavy atom. The average molecular weight is 358 g/mol. The van der Waals surface area contributed by atoms with Crippen LogP contribution in [0.15, 0.2) is 66.7 Å². The average Bonchev–Trinajstić information content (AvgIpc) is 2.61. The molecule has 136 valence electrons. The summed E-state index contributed by atoms with van der Waals surface area (Å²) in [5.74, 6) is -3.55. The van der Waals surface area contributed by atoms with Gasteiger partial charge in [0.05, 0.1) is 0 Å². The molecule has 3 N–H and O–H groups in total. The van der Waals surface area contributed by atoms with Crippen molar-refractivity contribution in [2.24, 2.45) is 0 Å². The minimum atomic E-state index is -1.31. The lowest BCUT2D eigenvalue weighted by molar-refractivity contribution is -0.147. The van der Waals surface area contributed by atoms with Gasteiger partial charge >= 0.3 is 17.9 Å². The number of carbonyl (C=O) groups excluding carboxylic acids is 1. The first kappa shape index (κ1) is 22.3. The topological polar surface area (TPSA) is 129 Å². The monoisotopic (exact) mass is 358 g/mol. The molecule has 0 heterocycles. The molecule has 0 atom stereocenters. The van der Waals surface area contributed by atoms with E-state index in [1.807, 2.05) is 48.5 Å². The van der Waals surface area contributed by atoms with E-state index in [1.54, 1.807) is 18.2 Å². The van der Waals surface area contributed by atoms with Crippen molar-refractivity contribution in [3.05, 3.63) is 77.9 Å². The van der Waals surface area contributed by atoms with E-state index in [0.29, 0.717) is 0 Å². The molecule has 0 spiro atoms. The van der Waals surface area contributed by atoms with E-state index in [-0.39, 0.29) is 0 Å². The first-order chi connectivity index (χ1) is 12.3. The first-order valence-corrected chi connectivity index (χ1v) is 7.25. The normalized spacial score (nSPS) is 9.08. The molecule has 0 amide bonds. The van der Waals surface area contributed by atoms with Crippen LogP contribution in [0, 0.1) is 0 Å². The zero-order chi connectivity index (χ0) is 19.8. The Morgan fingerprint density at radius 3 is 1.42 bits per heavy atom. The van der Waals surface area contributed by atoms with Crippen LogP contribution in [0.1, 0.15) is 22.3 Å². The summed E-state index contributed by atoms with van der Waals surface area (Å²) in [4.78, 5) is 39.0. The summed E-state index contributed by atoms with van der Waals surface area (Å²) in [6.45, 7) is 0. The van der Waals surface area contributed by atoms with Gasteiger partial charge in [-0.15, -0.1) is 0 Å². The molecule has 26 heavy (non-hydrogen) atoms. The van der Waals surface area contributed by atoms with Crippen LogP contribution >= 0.6 is 0 Å². The minimum absolute atomic E-state index is 0.729. The molecule has 0 aliphatic heterocycles. The second-order valence-corrected chi connectivity index (χ2v) is 4.58. The van der Waals surface area contributed by atoms with Gasteiger partial charge in [-0.05, 0) is 11.6 Å². The molecule has 0 bridgehead atoms. The summed E-state index contributed by atoms with van der Waals surface area (Å²) in [5.41, 5.74) is 1.63. The number of hydrogen-bond acceptors (Lipinski definition) is 4. The van der Waals surface area contributed by atoms with Gasteiger partial charge in [0.25, 0.3) is 0 Å². The van der Waals surface area contributed by atoms with Crippen LogP contribution in [0.2, 0.25) is 0 Å². The molecule has 0 aliphatic rings. The van der Waals surface area contributed by atoms with Crippen LogP contribution < -0.4 is 0 Å². The molecule has 0 aromatic heterocycles. The van der Waals surface area contributed by atoms with Crippen molar-refractivity contribution in [1.29, 1.82) is 0 Å². The minimum Gasteiger partial charge on any atom is -0.481 e. The lowest BCUT2D eigenvalue weighted by atomic mass is 10.2. The molecule has 0 saturated heterocycles. The molecule has 2 rings (SSSR count). The molecule has 0 radical (unpaired) electrons. The summed E-state index contributed by atoms with van der Waals surface area (Å²) in [7, 11) is 0. The third kappa shape index (κ3) is 13.9. The van der Waals surface area contributed by atoms with Crippen molar-refractivity contribution in [3.63, 3.8) is 0 Å². The highest BCUT2D eigenvalue weighted by Gasteiger charge is 2.01. The smallest absolute Gasteiger partial charge is 0.328 e. The second-order valence-electron chi connectivity index (χ2n) is 4.58. The van der Waals surface area contributed by atoms with Crippen LogP contribution in [0.3, 0.4) is 0 Å². The Labute approximate surface area is 149 Å². The van der Waals surface area contributed by atoms with Crippen molar-refractivity contribution in [2.45, 2.75) is 6.42 Å². The molecular formula is C19H18O7. The fourth-order valence-electron chi connectivity index (χ4n) is 1.39. The number of carboxylic acid groups (broad SMARTS) is 3. The molecule has 7 heteroatoms. The molecule has 2 aromatic rings. The van der Waals surface area contributed by atoms with E-state index in [1.165, 1.54) is 0 Å². The second kappa shape index (κ2) is 13.7. The Morgan fingerprint density at radius 1 is 0.731 bits per heavy atom. The van der Waals surface area contributed by atoms with Gasteiger partial charge in [-0.1, -0.05) is 60.7 Å². The highest BCUT2D eigenvalue weighted by atomic mass is 16.4. The Hall–Kier alpha value is -3.74. The summed E-state index contributed by atoms with van der Waals surface area (Å²) in [6, 6.07) is 18.4. The number of rotatable bonds is 5. The highest BCUT2D eigenvalue weighted by Crippen LogP contribution is 1.99. The molecule has 2 aromatic carbocycles. The van der Waals surface area contributed by atoms with E-state index in [9.17, 15) is 19.2 Å². The van der Waals surface area contributed by atoms with Crippen molar-refractivity contribution >= 4 is 30.3 Å². The maximum Gasteiger partial charge on any atom is 0.328 e. The van der Waals surface area contributed by atoms with Crippen molar-refractivity contribution < 1.29 is 34.5 Å². The van der Waals surface area contributed by atoms with Gasteiger partial charge < -0.3 is 15.3 Å². The van der Waals surface area contributed by atoms with Gasteiger partial charge in [0.15, 0.2) is 0 Å². The van der Waals surface area contributed by atoms with Gasteiger partial charge in [0.1, 0.15) is 12.7 Å². The number of benzene rings is 2. The van der Waals surface area contributed by atoms with Gasteiger partial charge in [-0.25, -0.2) is 4.79 Å². The van der Waals surface area contributed by atoms with Crippen molar-refractivity contribution in [2.75, 3.05) is 0 Å². The summed E-state index contributed by atoms with van der Waals surface area (Å²) in [6.07, 6.45) is 2.71. The Kier molecular flexibility index (Phi) is 11.7. The number of aldehydes is 1. The lowest BCUT2D eigenvalue weighted by Crippen LogP contribution is -2.03. The molecular weight excluding hydrogens is 340 g/mol. The van der Waals surface area contributed by atoms with Crippen molar-refractivity contribution in [3.8, 4) is 0 Å². The van der Waals surface area contributed by atoms with Crippen LogP contribution in [0.5, 0.6) is 0 Å². The fraction of sp³-hybridized carbons (Fsp3) is 0.0526. The highest BCUT2D eigenvalue weighted by molar-refractivity contribution is 5.88. The van der Waals surface area contributed by atoms with Crippen molar-refractivity contribution in [1.82, 2.24) is 0 Å². The largest absolute Gasteiger partial charge is 0.481 e. The Bertz CT molecular complexity index is 710. The van der Waals surface area contributed by atoms with Gasteiger partial charge in [0, 0.05) is 11.6 Å². The van der Waals surface area contributed by atoms with E-state index in [0.717, 1.165) is 23.5 Å². The van der Waals surface area contributed by atoms with E-state index < -0.39 is 24.3 Å². The summed E-state index contributed by atoms with van der Waals surface area (Å²) >= 11 is 0. The van der Waals surface area contributed by atoms with Gasteiger partial charge in [-0.3, -0.25) is 14.4 Å². The first-order valence-electron chi connectivity index (χ1n) is 7.25. The van der Waals surface area contributed by atoms with Crippen LogP contribution in [0.25, 0.3) is 6.08 Å². The quantitative estimate of drug-likeness (QED) is 0.426. The molecule has 0 saturated carbocycles. The number of carbonyl (C=O) groups is 4. The summed E-state index contributed by atoms with van der Waals surface area (Å²) < 4.78 is 0. The maximum atomic E-state index is 10.1. The third-order valence-electron chi connectivity index (χ3n) is 2.46.